The average Bonchev–Trinajstić information content (AvgIpc) is 2.95. The van der Waals surface area contributed by atoms with Crippen molar-refractivity contribution in [2.24, 2.45) is 0 Å². The fourth-order valence-electron chi connectivity index (χ4n) is 3.02. The number of amides is 3. The van der Waals surface area contributed by atoms with Gasteiger partial charge in [-0.05, 0) is 77.4 Å². The molecular weight excluding hydrogens is 502 g/mol. The van der Waals surface area contributed by atoms with Gasteiger partial charge in [0.05, 0.1) is 10.2 Å². The molecule has 0 saturated carbocycles. The van der Waals surface area contributed by atoms with E-state index in [9.17, 15) is 14.0 Å². The molecule has 1 saturated heterocycles. The number of imide groups is 1. The number of urea groups is 1. The van der Waals surface area contributed by atoms with Gasteiger partial charge in [0.1, 0.15) is 18.1 Å². The first-order valence-corrected chi connectivity index (χ1v) is 10.7. The molecule has 3 rings (SSSR count). The molecule has 0 unspecified atom stereocenters. The van der Waals surface area contributed by atoms with E-state index in [0.717, 1.165) is 3.57 Å². The highest BCUT2D eigenvalue weighted by Gasteiger charge is 2.32. The number of carbonyl (C=O) groups is 2. The van der Waals surface area contributed by atoms with Crippen LogP contribution in [0.5, 0.6) is 11.5 Å². The van der Waals surface area contributed by atoms with Gasteiger partial charge in [-0.2, -0.15) is 0 Å². The summed E-state index contributed by atoms with van der Waals surface area (Å²) in [6, 6.07) is 9.38. The first kappa shape index (κ1) is 22.1. The van der Waals surface area contributed by atoms with E-state index in [1.807, 2.05) is 19.9 Å². The minimum Gasteiger partial charge on any atom is -0.490 e. The monoisotopic (exact) mass is 524 g/mol. The van der Waals surface area contributed by atoms with Crippen molar-refractivity contribution >= 4 is 40.6 Å². The number of hydrogen-bond acceptors (Lipinski definition) is 4. The standard InChI is InChI=1S/C22H22FIN2O4/c1-3-8-26-21(27)18(25-22(26)28)11-15-10-17(24)20(19(12-15)29-4-2)30-13-14-6-5-7-16(23)9-14/h5-7,9-12H,3-4,8,13H2,1-2H3,(H,25,28)/b18-11+. The predicted molar refractivity (Wildman–Crippen MR) is 120 cm³/mol. The topological polar surface area (TPSA) is 67.9 Å². The molecule has 0 atom stereocenters. The molecule has 2 aromatic rings. The first-order chi connectivity index (χ1) is 14.4. The smallest absolute Gasteiger partial charge is 0.329 e. The van der Waals surface area contributed by atoms with Crippen molar-refractivity contribution in [1.29, 1.82) is 0 Å². The van der Waals surface area contributed by atoms with Crippen LogP contribution in [0.15, 0.2) is 42.1 Å². The first-order valence-electron chi connectivity index (χ1n) is 9.61. The van der Waals surface area contributed by atoms with Crippen LogP contribution in [0.2, 0.25) is 0 Å². The van der Waals surface area contributed by atoms with E-state index < -0.39 is 6.03 Å². The molecule has 0 bridgehead atoms. The van der Waals surface area contributed by atoms with Crippen molar-refractivity contribution in [2.45, 2.75) is 26.9 Å². The second-order valence-electron chi connectivity index (χ2n) is 6.63. The van der Waals surface area contributed by atoms with Crippen LogP contribution in [0, 0.1) is 9.39 Å². The van der Waals surface area contributed by atoms with Gasteiger partial charge >= 0.3 is 6.03 Å². The quantitative estimate of drug-likeness (QED) is 0.309. The molecule has 0 aliphatic carbocycles. The molecule has 1 heterocycles. The lowest BCUT2D eigenvalue weighted by Crippen LogP contribution is -2.31. The zero-order chi connectivity index (χ0) is 21.7. The highest BCUT2D eigenvalue weighted by Crippen LogP contribution is 2.35. The second kappa shape index (κ2) is 9.92. The number of halogens is 2. The third-order valence-corrected chi connectivity index (χ3v) is 5.13. The Kier molecular flexibility index (Phi) is 7.30. The summed E-state index contributed by atoms with van der Waals surface area (Å²) in [6.45, 7) is 4.75. The van der Waals surface area contributed by atoms with Crippen LogP contribution in [0.25, 0.3) is 6.08 Å². The van der Waals surface area contributed by atoms with Crippen LogP contribution in [0.4, 0.5) is 9.18 Å². The molecule has 0 radical (unpaired) electrons. The minimum absolute atomic E-state index is 0.189. The van der Waals surface area contributed by atoms with E-state index in [1.165, 1.54) is 17.0 Å². The van der Waals surface area contributed by atoms with Crippen LogP contribution < -0.4 is 14.8 Å². The normalized spacial score (nSPS) is 14.9. The van der Waals surface area contributed by atoms with E-state index in [2.05, 4.69) is 27.9 Å². The summed E-state index contributed by atoms with van der Waals surface area (Å²) in [7, 11) is 0. The van der Waals surface area contributed by atoms with Crippen molar-refractivity contribution in [2.75, 3.05) is 13.2 Å². The summed E-state index contributed by atoms with van der Waals surface area (Å²) in [5, 5.41) is 2.61. The molecule has 0 spiro atoms. The van der Waals surface area contributed by atoms with Crippen LogP contribution in [-0.4, -0.2) is 30.0 Å². The lowest BCUT2D eigenvalue weighted by atomic mass is 10.1. The Labute approximate surface area is 188 Å². The third-order valence-electron chi connectivity index (χ3n) is 4.32. The van der Waals surface area contributed by atoms with Gasteiger partial charge in [-0.1, -0.05) is 19.1 Å². The lowest BCUT2D eigenvalue weighted by molar-refractivity contribution is -0.122. The number of rotatable bonds is 8. The Balaban J connectivity index is 1.86. The van der Waals surface area contributed by atoms with Gasteiger partial charge < -0.3 is 14.8 Å². The lowest BCUT2D eigenvalue weighted by Gasteiger charge is -2.15. The summed E-state index contributed by atoms with van der Waals surface area (Å²) in [5.74, 6) is 0.382. The number of nitrogens with one attached hydrogen (secondary N) is 1. The van der Waals surface area contributed by atoms with E-state index in [0.29, 0.717) is 42.2 Å². The molecule has 30 heavy (non-hydrogen) atoms. The van der Waals surface area contributed by atoms with E-state index in [1.54, 1.807) is 24.3 Å². The maximum atomic E-state index is 13.4. The molecule has 3 amide bonds. The Morgan fingerprint density at radius 3 is 2.67 bits per heavy atom. The number of hydrogen-bond donors (Lipinski definition) is 1. The zero-order valence-corrected chi connectivity index (χ0v) is 18.9. The largest absolute Gasteiger partial charge is 0.490 e. The van der Waals surface area contributed by atoms with Crippen molar-refractivity contribution in [3.63, 3.8) is 0 Å². The van der Waals surface area contributed by atoms with Crippen LogP contribution in [-0.2, 0) is 11.4 Å². The molecule has 6 nitrogen and oxygen atoms in total. The Morgan fingerprint density at radius 2 is 1.97 bits per heavy atom. The highest BCUT2D eigenvalue weighted by atomic mass is 127. The van der Waals surface area contributed by atoms with Crippen LogP contribution in [0.1, 0.15) is 31.4 Å². The summed E-state index contributed by atoms with van der Waals surface area (Å²) < 4.78 is 25.8. The second-order valence-corrected chi connectivity index (χ2v) is 7.79. The Bertz CT molecular complexity index is 993. The van der Waals surface area contributed by atoms with Crippen LogP contribution in [0.3, 0.4) is 0 Å². The summed E-state index contributed by atoms with van der Waals surface area (Å²) >= 11 is 2.12. The molecule has 1 N–H and O–H groups in total. The van der Waals surface area contributed by atoms with Gasteiger partial charge in [0, 0.05) is 6.54 Å². The Morgan fingerprint density at radius 1 is 1.17 bits per heavy atom. The maximum absolute atomic E-state index is 13.4. The van der Waals surface area contributed by atoms with Gasteiger partial charge in [-0.25, -0.2) is 9.18 Å². The summed E-state index contributed by atoms with van der Waals surface area (Å²) in [4.78, 5) is 25.6. The molecule has 1 aliphatic heterocycles. The molecular formula is C22H22FIN2O4. The molecule has 1 fully saturated rings. The molecule has 2 aromatic carbocycles. The van der Waals surface area contributed by atoms with Gasteiger partial charge in [0.2, 0.25) is 0 Å². The van der Waals surface area contributed by atoms with Gasteiger partial charge in [-0.3, -0.25) is 9.69 Å². The molecule has 1 aliphatic rings. The van der Waals surface area contributed by atoms with E-state index >= 15 is 0 Å². The summed E-state index contributed by atoms with van der Waals surface area (Å²) in [6.07, 6.45) is 2.31. The van der Waals surface area contributed by atoms with E-state index in [-0.39, 0.29) is 24.0 Å². The molecule has 0 aromatic heterocycles. The summed E-state index contributed by atoms with van der Waals surface area (Å²) in [5.41, 5.74) is 1.62. The minimum atomic E-state index is -0.414. The number of nitrogens with zero attached hydrogens (tertiary/aromatic N) is 1. The number of benzene rings is 2. The van der Waals surface area contributed by atoms with Gasteiger partial charge in [-0.15, -0.1) is 0 Å². The third kappa shape index (κ3) is 5.10. The fourth-order valence-corrected chi connectivity index (χ4v) is 3.80. The van der Waals surface area contributed by atoms with Gasteiger partial charge in [0.25, 0.3) is 5.91 Å². The SMILES string of the molecule is CCCN1C(=O)N/C(=C/c2cc(I)c(OCc3cccc(F)c3)c(OCC)c2)C1=O. The zero-order valence-electron chi connectivity index (χ0n) is 16.7. The van der Waals surface area contributed by atoms with Crippen molar-refractivity contribution in [3.8, 4) is 11.5 Å². The number of ether oxygens (including phenoxy) is 2. The van der Waals surface area contributed by atoms with E-state index in [4.69, 9.17) is 9.47 Å². The van der Waals surface area contributed by atoms with Crippen LogP contribution >= 0.6 is 22.6 Å². The molecule has 158 valence electrons. The van der Waals surface area contributed by atoms with Crippen molar-refractivity contribution < 1.29 is 23.5 Å². The molecule has 8 heteroatoms. The van der Waals surface area contributed by atoms with Crippen molar-refractivity contribution in [3.05, 3.63) is 62.6 Å². The number of carbonyl (C=O) groups excluding carboxylic acids is 2. The predicted octanol–water partition coefficient (Wildman–Crippen LogP) is 4.71. The van der Waals surface area contributed by atoms with Gasteiger partial charge in [0.15, 0.2) is 11.5 Å². The Hall–Kier alpha value is -2.62. The van der Waals surface area contributed by atoms with Crippen molar-refractivity contribution in [1.82, 2.24) is 10.2 Å². The fraction of sp³-hybridized carbons (Fsp3) is 0.273. The maximum Gasteiger partial charge on any atom is 0.329 e. The highest BCUT2D eigenvalue weighted by molar-refractivity contribution is 14.1. The average molecular weight is 524 g/mol.